The lowest BCUT2D eigenvalue weighted by Crippen LogP contribution is -2.28. The number of rotatable bonds is 5. The van der Waals surface area contributed by atoms with Crippen LogP contribution in [0.5, 0.6) is 5.75 Å². The third kappa shape index (κ3) is 3.67. The second-order valence-electron chi connectivity index (χ2n) is 5.96. The average Bonchev–Trinajstić information content (AvgIpc) is 2.97. The van der Waals surface area contributed by atoms with Crippen LogP contribution in [0.3, 0.4) is 0 Å². The highest BCUT2D eigenvalue weighted by Gasteiger charge is 2.29. The van der Waals surface area contributed by atoms with Crippen LogP contribution in [0.4, 0.5) is 5.69 Å². The summed E-state index contributed by atoms with van der Waals surface area (Å²) in [6.07, 6.45) is 1.55. The molecule has 2 aromatic carbocycles. The molecule has 2 aromatic rings. The minimum absolute atomic E-state index is 0.00521. The van der Waals surface area contributed by atoms with Crippen molar-refractivity contribution in [3.63, 3.8) is 0 Å². The monoisotopic (exact) mass is 360 g/mol. The molecule has 0 aromatic heterocycles. The zero-order valence-electron chi connectivity index (χ0n) is 14.1. The van der Waals surface area contributed by atoms with Gasteiger partial charge in [0.2, 0.25) is 15.9 Å². The number of fused-ring (bicyclic) bond motifs is 1. The van der Waals surface area contributed by atoms with Gasteiger partial charge in [-0.15, -0.1) is 0 Å². The first-order chi connectivity index (χ1) is 11.9. The van der Waals surface area contributed by atoms with Crippen LogP contribution in [0.25, 0.3) is 0 Å². The third-order valence-electron chi connectivity index (χ3n) is 4.20. The summed E-state index contributed by atoms with van der Waals surface area (Å²) >= 11 is 0. The number of anilines is 1. The molecule has 25 heavy (non-hydrogen) atoms. The summed E-state index contributed by atoms with van der Waals surface area (Å²) in [5, 5.41) is 2.59. The van der Waals surface area contributed by atoms with E-state index in [2.05, 4.69) is 10.0 Å². The molecular formula is C18H20N2O4S. The Labute approximate surface area is 147 Å². The first-order valence-corrected chi connectivity index (χ1v) is 9.45. The molecule has 0 spiro atoms. The van der Waals surface area contributed by atoms with Gasteiger partial charge < -0.3 is 10.1 Å². The number of methoxy groups -OCH3 is 1. The van der Waals surface area contributed by atoms with Crippen molar-refractivity contribution in [1.29, 1.82) is 0 Å². The summed E-state index contributed by atoms with van der Waals surface area (Å²) in [7, 11) is -2.40. The Balaban J connectivity index is 1.93. The van der Waals surface area contributed by atoms with Crippen molar-refractivity contribution in [1.82, 2.24) is 4.72 Å². The highest BCUT2D eigenvalue weighted by molar-refractivity contribution is 7.89. The molecule has 7 heteroatoms. The van der Waals surface area contributed by atoms with Gasteiger partial charge >= 0.3 is 0 Å². The lowest BCUT2D eigenvalue weighted by Gasteiger charge is -2.17. The van der Waals surface area contributed by atoms with Crippen LogP contribution in [-0.2, 0) is 21.2 Å². The summed E-state index contributed by atoms with van der Waals surface area (Å²) in [6, 6.07) is 12.1. The fraction of sp³-hybridized carbons (Fsp3) is 0.278. The zero-order valence-corrected chi connectivity index (χ0v) is 14.9. The standard InChI is InChI=1S/C18H20N2O4S/c1-12(21)19-14-8-10-17(24-2)18(11-14)25(22,23)20-16-9-7-13-5-3-4-6-15(13)16/h3-6,8,10-11,16,20H,7,9H2,1-2H3,(H,19,21)/t16-/m0/s1. The summed E-state index contributed by atoms with van der Waals surface area (Å²) in [6.45, 7) is 1.37. The maximum atomic E-state index is 12.9. The van der Waals surface area contributed by atoms with Crippen molar-refractivity contribution in [2.75, 3.05) is 12.4 Å². The first kappa shape index (κ1) is 17.4. The minimum Gasteiger partial charge on any atom is -0.495 e. The second-order valence-corrected chi connectivity index (χ2v) is 7.64. The SMILES string of the molecule is COc1ccc(NC(C)=O)cc1S(=O)(=O)N[C@H]1CCc2ccccc21. The number of aryl methyl sites for hydroxylation is 1. The maximum absolute atomic E-state index is 12.9. The molecule has 0 saturated heterocycles. The number of nitrogens with one attached hydrogen (secondary N) is 2. The van der Waals surface area contributed by atoms with E-state index in [0.29, 0.717) is 12.1 Å². The summed E-state index contributed by atoms with van der Waals surface area (Å²) in [4.78, 5) is 11.2. The van der Waals surface area contributed by atoms with Gasteiger partial charge in [0.15, 0.2) is 0 Å². The highest BCUT2D eigenvalue weighted by Crippen LogP contribution is 2.34. The van der Waals surface area contributed by atoms with Crippen LogP contribution < -0.4 is 14.8 Å². The van der Waals surface area contributed by atoms with Crippen LogP contribution in [0, 0.1) is 0 Å². The van der Waals surface area contributed by atoms with Gasteiger partial charge in [0.25, 0.3) is 0 Å². The van der Waals surface area contributed by atoms with E-state index in [9.17, 15) is 13.2 Å². The number of carbonyl (C=O) groups excluding carboxylic acids is 1. The lowest BCUT2D eigenvalue weighted by atomic mass is 10.1. The predicted octanol–water partition coefficient (Wildman–Crippen LogP) is 2.62. The van der Waals surface area contributed by atoms with Gasteiger partial charge in [-0.3, -0.25) is 4.79 Å². The number of hydrogen-bond donors (Lipinski definition) is 2. The molecule has 0 bridgehead atoms. The molecule has 3 rings (SSSR count). The summed E-state index contributed by atoms with van der Waals surface area (Å²) in [5.41, 5.74) is 2.57. The van der Waals surface area contributed by atoms with Crippen molar-refractivity contribution < 1.29 is 17.9 Å². The summed E-state index contributed by atoms with van der Waals surface area (Å²) in [5.74, 6) is -0.0425. The van der Waals surface area contributed by atoms with Crippen LogP contribution in [0.1, 0.15) is 30.5 Å². The fourth-order valence-electron chi connectivity index (χ4n) is 3.10. The lowest BCUT2D eigenvalue weighted by molar-refractivity contribution is -0.114. The zero-order chi connectivity index (χ0) is 18.0. The molecule has 1 atom stereocenters. The number of ether oxygens (including phenoxy) is 1. The van der Waals surface area contributed by atoms with Crippen LogP contribution in [0.15, 0.2) is 47.4 Å². The Bertz CT molecular complexity index is 909. The smallest absolute Gasteiger partial charge is 0.244 e. The minimum atomic E-state index is -3.81. The van der Waals surface area contributed by atoms with E-state index in [0.717, 1.165) is 17.5 Å². The van der Waals surface area contributed by atoms with Gasteiger partial charge in [0.05, 0.1) is 7.11 Å². The molecule has 1 aliphatic carbocycles. The molecule has 1 amide bonds. The number of carbonyl (C=O) groups is 1. The predicted molar refractivity (Wildman–Crippen MR) is 95.1 cm³/mol. The molecule has 0 fully saturated rings. The number of sulfonamides is 1. The maximum Gasteiger partial charge on any atom is 0.244 e. The van der Waals surface area contributed by atoms with E-state index in [4.69, 9.17) is 4.74 Å². The molecule has 0 radical (unpaired) electrons. The van der Waals surface area contributed by atoms with Crippen molar-refractivity contribution in [3.05, 3.63) is 53.6 Å². The van der Waals surface area contributed by atoms with Gasteiger partial charge in [0.1, 0.15) is 10.6 Å². The van der Waals surface area contributed by atoms with Gasteiger partial charge in [-0.2, -0.15) is 0 Å². The first-order valence-electron chi connectivity index (χ1n) is 7.96. The normalized spacial score (nSPS) is 16.3. The van der Waals surface area contributed by atoms with Crippen LogP contribution in [0.2, 0.25) is 0 Å². The van der Waals surface area contributed by atoms with Crippen molar-refractivity contribution in [2.24, 2.45) is 0 Å². The van der Waals surface area contributed by atoms with Crippen molar-refractivity contribution >= 4 is 21.6 Å². The van der Waals surface area contributed by atoms with Gasteiger partial charge in [-0.1, -0.05) is 24.3 Å². The second kappa shape index (κ2) is 6.85. The van der Waals surface area contributed by atoms with Gasteiger partial charge in [-0.25, -0.2) is 13.1 Å². The van der Waals surface area contributed by atoms with E-state index < -0.39 is 10.0 Å². The van der Waals surface area contributed by atoms with Crippen LogP contribution >= 0.6 is 0 Å². The number of benzene rings is 2. The molecule has 1 aliphatic rings. The topological polar surface area (TPSA) is 84.5 Å². The Hall–Kier alpha value is -2.38. The largest absolute Gasteiger partial charge is 0.495 e. The molecular weight excluding hydrogens is 340 g/mol. The molecule has 0 saturated carbocycles. The Morgan fingerprint density at radius 1 is 1.20 bits per heavy atom. The van der Waals surface area contributed by atoms with E-state index >= 15 is 0 Å². The average molecular weight is 360 g/mol. The Kier molecular flexibility index (Phi) is 4.78. The van der Waals surface area contributed by atoms with Gasteiger partial charge in [-0.05, 0) is 42.2 Å². The van der Waals surface area contributed by atoms with Crippen LogP contribution in [-0.4, -0.2) is 21.4 Å². The molecule has 0 aliphatic heterocycles. The Morgan fingerprint density at radius 3 is 2.68 bits per heavy atom. The van der Waals surface area contributed by atoms with E-state index in [1.807, 2.05) is 24.3 Å². The van der Waals surface area contributed by atoms with Crippen molar-refractivity contribution in [2.45, 2.75) is 30.7 Å². The quantitative estimate of drug-likeness (QED) is 0.858. The van der Waals surface area contributed by atoms with E-state index in [1.165, 1.54) is 26.2 Å². The molecule has 6 nitrogen and oxygen atoms in total. The fourth-order valence-corrected chi connectivity index (χ4v) is 4.54. The summed E-state index contributed by atoms with van der Waals surface area (Å²) < 4.78 is 33.8. The third-order valence-corrected chi connectivity index (χ3v) is 5.70. The van der Waals surface area contributed by atoms with E-state index in [1.54, 1.807) is 6.07 Å². The molecule has 132 valence electrons. The van der Waals surface area contributed by atoms with E-state index in [-0.39, 0.29) is 22.6 Å². The molecule has 0 unspecified atom stereocenters. The number of amides is 1. The van der Waals surface area contributed by atoms with Gasteiger partial charge in [0, 0.05) is 18.7 Å². The highest BCUT2D eigenvalue weighted by atomic mass is 32.2. The van der Waals surface area contributed by atoms with Crippen molar-refractivity contribution in [3.8, 4) is 5.75 Å². The number of hydrogen-bond acceptors (Lipinski definition) is 4. The Morgan fingerprint density at radius 2 is 1.96 bits per heavy atom. The molecule has 0 heterocycles. The molecule has 2 N–H and O–H groups in total.